The Hall–Kier alpha value is -1.04. The fourth-order valence-corrected chi connectivity index (χ4v) is 2.49. The van der Waals surface area contributed by atoms with E-state index in [-0.39, 0.29) is 12.6 Å². The van der Waals surface area contributed by atoms with Gasteiger partial charge >= 0.3 is 5.97 Å². The Bertz CT molecular complexity index is 404. The van der Waals surface area contributed by atoms with Crippen LogP contribution >= 0.6 is 11.8 Å². The minimum Gasteiger partial charge on any atom is -0.465 e. The second-order valence-corrected chi connectivity index (χ2v) is 5.28. The van der Waals surface area contributed by atoms with Gasteiger partial charge in [0, 0.05) is 11.5 Å². The molecule has 0 aliphatic rings. The first-order valence-corrected chi connectivity index (χ1v) is 6.73. The summed E-state index contributed by atoms with van der Waals surface area (Å²) in [6, 6.07) is 7.20. The maximum absolute atomic E-state index is 11.5. The third kappa shape index (κ3) is 4.33. The lowest BCUT2D eigenvalue weighted by Crippen LogP contribution is -2.31. The first-order valence-electron chi connectivity index (χ1n) is 5.57. The van der Waals surface area contributed by atoms with Crippen LogP contribution in [-0.4, -0.2) is 41.3 Å². The Morgan fingerprint density at radius 1 is 1.44 bits per heavy atom. The van der Waals surface area contributed by atoms with Crippen molar-refractivity contribution in [2.45, 2.75) is 18.3 Å². The number of aliphatic hydroxyl groups is 2. The number of thioether (sulfide) groups is 1. The van der Waals surface area contributed by atoms with E-state index in [1.807, 2.05) is 12.1 Å². The lowest BCUT2D eigenvalue weighted by Gasteiger charge is -2.19. The van der Waals surface area contributed by atoms with Crippen LogP contribution in [0.5, 0.6) is 0 Å². The molecule has 0 radical (unpaired) electrons. The van der Waals surface area contributed by atoms with Crippen molar-refractivity contribution in [1.29, 1.82) is 0 Å². The SMILES string of the molecule is COC(=O)c1ccccc1CSCC(C)(O)CO. The Morgan fingerprint density at radius 3 is 2.72 bits per heavy atom. The number of hydrogen-bond acceptors (Lipinski definition) is 5. The van der Waals surface area contributed by atoms with Crippen LogP contribution in [0.1, 0.15) is 22.8 Å². The average molecular weight is 270 g/mol. The third-order valence-corrected chi connectivity index (χ3v) is 3.78. The highest BCUT2D eigenvalue weighted by Crippen LogP contribution is 2.20. The monoisotopic (exact) mass is 270 g/mol. The summed E-state index contributed by atoms with van der Waals surface area (Å²) >= 11 is 1.46. The number of hydrogen-bond donors (Lipinski definition) is 2. The maximum Gasteiger partial charge on any atom is 0.338 e. The van der Waals surface area contributed by atoms with E-state index in [9.17, 15) is 9.90 Å². The lowest BCUT2D eigenvalue weighted by atomic mass is 10.1. The predicted molar refractivity (Wildman–Crippen MR) is 71.7 cm³/mol. The molecule has 0 aliphatic carbocycles. The molecule has 1 aromatic rings. The molecule has 5 heteroatoms. The van der Waals surface area contributed by atoms with Gasteiger partial charge in [0.05, 0.1) is 24.9 Å². The molecule has 4 nitrogen and oxygen atoms in total. The smallest absolute Gasteiger partial charge is 0.338 e. The molecule has 0 aromatic heterocycles. The molecular formula is C13H18O4S. The molecule has 1 rings (SSSR count). The van der Waals surface area contributed by atoms with Crippen LogP contribution in [0.3, 0.4) is 0 Å². The van der Waals surface area contributed by atoms with E-state index >= 15 is 0 Å². The fraction of sp³-hybridized carbons (Fsp3) is 0.462. The molecule has 0 spiro atoms. The standard InChI is InChI=1S/C13H18O4S/c1-13(16,8-14)9-18-7-10-5-3-4-6-11(10)12(15)17-2/h3-6,14,16H,7-9H2,1-2H3. The third-order valence-electron chi connectivity index (χ3n) is 2.43. The van der Waals surface area contributed by atoms with Crippen molar-refractivity contribution in [3.63, 3.8) is 0 Å². The van der Waals surface area contributed by atoms with E-state index in [4.69, 9.17) is 9.84 Å². The van der Waals surface area contributed by atoms with E-state index in [0.29, 0.717) is 17.1 Å². The molecule has 0 saturated heterocycles. The molecule has 0 amide bonds. The summed E-state index contributed by atoms with van der Waals surface area (Å²) in [4.78, 5) is 11.5. The maximum atomic E-state index is 11.5. The zero-order valence-electron chi connectivity index (χ0n) is 10.5. The van der Waals surface area contributed by atoms with Crippen LogP contribution in [0.25, 0.3) is 0 Å². The molecule has 0 fully saturated rings. The molecule has 2 N–H and O–H groups in total. The number of ether oxygens (including phenoxy) is 1. The first-order chi connectivity index (χ1) is 8.50. The van der Waals surface area contributed by atoms with Crippen molar-refractivity contribution >= 4 is 17.7 Å². The van der Waals surface area contributed by atoms with Gasteiger partial charge in [0.15, 0.2) is 0 Å². The van der Waals surface area contributed by atoms with Crippen LogP contribution in [0, 0.1) is 0 Å². The minimum absolute atomic E-state index is 0.279. The number of esters is 1. The average Bonchev–Trinajstić information content (AvgIpc) is 2.38. The van der Waals surface area contributed by atoms with Gasteiger partial charge in [0.1, 0.15) is 0 Å². The van der Waals surface area contributed by atoms with Crippen LogP contribution < -0.4 is 0 Å². The Kier molecular flexibility index (Phi) is 5.65. The van der Waals surface area contributed by atoms with Crippen LogP contribution in [0.4, 0.5) is 0 Å². The largest absolute Gasteiger partial charge is 0.465 e. The molecule has 1 atom stereocenters. The minimum atomic E-state index is -1.09. The van der Waals surface area contributed by atoms with Crippen molar-refractivity contribution in [3.05, 3.63) is 35.4 Å². The quantitative estimate of drug-likeness (QED) is 0.766. The first kappa shape index (κ1) is 15.0. The van der Waals surface area contributed by atoms with Gasteiger partial charge in [-0.3, -0.25) is 0 Å². The van der Waals surface area contributed by atoms with E-state index < -0.39 is 5.60 Å². The van der Waals surface area contributed by atoms with E-state index in [1.165, 1.54) is 18.9 Å². The Balaban J connectivity index is 2.65. The van der Waals surface area contributed by atoms with Gasteiger partial charge in [-0.2, -0.15) is 11.8 Å². The van der Waals surface area contributed by atoms with E-state index in [0.717, 1.165) is 5.56 Å². The molecule has 100 valence electrons. The highest BCUT2D eigenvalue weighted by Gasteiger charge is 2.19. The second-order valence-electron chi connectivity index (χ2n) is 4.30. The molecule has 1 unspecified atom stereocenters. The summed E-state index contributed by atoms with van der Waals surface area (Å²) in [7, 11) is 1.35. The van der Waals surface area contributed by atoms with Crippen molar-refractivity contribution in [3.8, 4) is 0 Å². The van der Waals surface area contributed by atoms with Crippen molar-refractivity contribution in [2.75, 3.05) is 19.5 Å². The van der Waals surface area contributed by atoms with Crippen LogP contribution in [-0.2, 0) is 10.5 Å². The van der Waals surface area contributed by atoms with E-state index in [2.05, 4.69) is 0 Å². The number of aliphatic hydroxyl groups excluding tert-OH is 1. The highest BCUT2D eigenvalue weighted by atomic mass is 32.2. The summed E-state index contributed by atoms with van der Waals surface area (Å²) in [6.07, 6.45) is 0. The zero-order valence-corrected chi connectivity index (χ0v) is 11.4. The topological polar surface area (TPSA) is 66.8 Å². The molecular weight excluding hydrogens is 252 g/mol. The summed E-state index contributed by atoms with van der Waals surface area (Å²) in [5, 5.41) is 18.6. The van der Waals surface area contributed by atoms with Crippen molar-refractivity contribution < 1.29 is 19.7 Å². The molecule has 0 aliphatic heterocycles. The molecule has 0 saturated carbocycles. The fourth-order valence-electron chi connectivity index (χ4n) is 1.38. The Labute approximate surface area is 111 Å². The second kappa shape index (κ2) is 6.78. The van der Waals surface area contributed by atoms with Crippen LogP contribution in [0.15, 0.2) is 24.3 Å². The van der Waals surface area contributed by atoms with Gasteiger partial charge in [-0.1, -0.05) is 18.2 Å². The number of rotatable bonds is 6. The summed E-state index contributed by atoms with van der Waals surface area (Å²) < 4.78 is 4.71. The molecule has 0 heterocycles. The summed E-state index contributed by atoms with van der Waals surface area (Å²) in [5.41, 5.74) is 0.310. The van der Waals surface area contributed by atoms with Crippen molar-refractivity contribution in [2.24, 2.45) is 0 Å². The molecule has 0 bridgehead atoms. The van der Waals surface area contributed by atoms with Gasteiger partial charge in [-0.15, -0.1) is 0 Å². The zero-order chi connectivity index (χ0) is 13.6. The van der Waals surface area contributed by atoms with Gasteiger partial charge in [0.25, 0.3) is 0 Å². The normalized spacial score (nSPS) is 14.0. The number of carbonyl (C=O) groups is 1. The van der Waals surface area contributed by atoms with Crippen LogP contribution in [0.2, 0.25) is 0 Å². The highest BCUT2D eigenvalue weighted by molar-refractivity contribution is 7.98. The van der Waals surface area contributed by atoms with Gasteiger partial charge in [0.2, 0.25) is 0 Å². The number of methoxy groups -OCH3 is 1. The predicted octanol–water partition coefficient (Wildman–Crippen LogP) is 1.45. The number of benzene rings is 1. The van der Waals surface area contributed by atoms with Gasteiger partial charge in [-0.25, -0.2) is 4.79 Å². The lowest BCUT2D eigenvalue weighted by molar-refractivity contribution is 0.0225. The Morgan fingerprint density at radius 2 is 2.11 bits per heavy atom. The van der Waals surface area contributed by atoms with E-state index in [1.54, 1.807) is 19.1 Å². The van der Waals surface area contributed by atoms with Gasteiger partial charge in [-0.05, 0) is 18.6 Å². The summed E-state index contributed by atoms with van der Waals surface area (Å²) in [6.45, 7) is 1.30. The van der Waals surface area contributed by atoms with Crippen molar-refractivity contribution in [1.82, 2.24) is 0 Å². The summed E-state index contributed by atoms with van der Waals surface area (Å²) in [5.74, 6) is 0.626. The molecule has 1 aromatic carbocycles. The van der Waals surface area contributed by atoms with Gasteiger partial charge < -0.3 is 14.9 Å². The molecule has 18 heavy (non-hydrogen) atoms. The number of carbonyl (C=O) groups excluding carboxylic acids is 1.